The van der Waals surface area contributed by atoms with Crippen LogP contribution in [0.5, 0.6) is 0 Å². The van der Waals surface area contributed by atoms with Crippen LogP contribution in [-0.2, 0) is 4.79 Å². The molecule has 1 aliphatic carbocycles. The number of hydrogen-bond donors (Lipinski definition) is 0. The summed E-state index contributed by atoms with van der Waals surface area (Å²) in [6.45, 7) is 1.98. The van der Waals surface area contributed by atoms with E-state index in [1.807, 2.05) is 6.92 Å². The number of nitrogens with zero attached hydrogens (tertiary/aromatic N) is 1. The highest BCUT2D eigenvalue weighted by Gasteiger charge is 2.29. The normalized spacial score (nSPS) is 19.3. The maximum Gasteiger partial charge on any atom is 0.140 e. The van der Waals surface area contributed by atoms with Crippen LogP contribution in [0.25, 0.3) is 0 Å². The van der Waals surface area contributed by atoms with E-state index in [1.165, 1.54) is 6.42 Å². The molecule has 1 atom stereocenters. The molecule has 0 aliphatic heterocycles. The molecule has 2 nitrogen and oxygen atoms in total. The van der Waals surface area contributed by atoms with Gasteiger partial charge in [-0.2, -0.15) is 5.26 Å². The minimum absolute atomic E-state index is 0.0142. The van der Waals surface area contributed by atoms with E-state index in [9.17, 15) is 4.79 Å². The number of Topliss-reactive ketones (excluding diaryl/α,β-unsaturated/α-hetero) is 1. The summed E-state index contributed by atoms with van der Waals surface area (Å²) >= 11 is 0. The van der Waals surface area contributed by atoms with Gasteiger partial charge in [-0.1, -0.05) is 13.3 Å². The molecule has 0 bridgehead atoms. The molecule has 0 aromatic carbocycles. The van der Waals surface area contributed by atoms with Crippen LogP contribution in [0.3, 0.4) is 0 Å². The number of carbonyl (C=O) groups is 1. The Hall–Kier alpha value is -0.840. The summed E-state index contributed by atoms with van der Waals surface area (Å²) in [7, 11) is 0. The predicted octanol–water partition coefficient (Wildman–Crippen LogP) is 2.30. The van der Waals surface area contributed by atoms with E-state index >= 15 is 0 Å². The van der Waals surface area contributed by atoms with Crippen LogP contribution >= 0.6 is 0 Å². The smallest absolute Gasteiger partial charge is 0.140 e. The van der Waals surface area contributed by atoms with Crippen molar-refractivity contribution in [1.29, 1.82) is 5.26 Å². The van der Waals surface area contributed by atoms with Gasteiger partial charge in [-0.25, -0.2) is 0 Å². The van der Waals surface area contributed by atoms with Gasteiger partial charge in [0.2, 0.25) is 0 Å². The van der Waals surface area contributed by atoms with Crippen molar-refractivity contribution in [3.63, 3.8) is 0 Å². The average Bonchev–Trinajstić information content (AvgIpc) is 1.96. The molecule has 0 aromatic heterocycles. The van der Waals surface area contributed by atoms with Crippen molar-refractivity contribution in [2.45, 2.75) is 39.0 Å². The summed E-state index contributed by atoms with van der Waals surface area (Å²) in [4.78, 5) is 11.6. The van der Waals surface area contributed by atoms with Gasteiger partial charge in [-0.3, -0.25) is 4.79 Å². The van der Waals surface area contributed by atoms with Gasteiger partial charge in [0.1, 0.15) is 5.78 Å². The third-order valence-electron chi connectivity index (χ3n) is 2.74. The zero-order valence-electron chi connectivity index (χ0n) is 7.55. The molecule has 0 heterocycles. The molecule has 1 aliphatic rings. The highest BCUT2D eigenvalue weighted by atomic mass is 16.1. The first-order valence-corrected chi connectivity index (χ1v) is 4.70. The van der Waals surface area contributed by atoms with Crippen LogP contribution in [0, 0.1) is 23.2 Å². The second-order valence-electron chi connectivity index (χ2n) is 3.50. The fraction of sp³-hybridized carbons (Fsp3) is 0.800. The van der Waals surface area contributed by atoms with Crippen LogP contribution in [0.1, 0.15) is 39.0 Å². The standard InChI is InChI=1S/C10H15NO/c1-2-8(6-7-11)10(12)9-4-3-5-9/h8-9H,2-6H2,1H3. The van der Waals surface area contributed by atoms with Gasteiger partial charge in [0.25, 0.3) is 0 Å². The second kappa shape index (κ2) is 4.25. The van der Waals surface area contributed by atoms with Crippen LogP contribution in [0.2, 0.25) is 0 Å². The van der Waals surface area contributed by atoms with Gasteiger partial charge in [-0.05, 0) is 19.3 Å². The first kappa shape index (κ1) is 9.25. The molecule has 0 amide bonds. The molecule has 1 saturated carbocycles. The SMILES string of the molecule is CCC(CC#N)C(=O)C1CCC1. The van der Waals surface area contributed by atoms with Gasteiger partial charge in [0.05, 0.1) is 6.07 Å². The van der Waals surface area contributed by atoms with Crippen molar-refractivity contribution in [3.05, 3.63) is 0 Å². The number of hydrogen-bond acceptors (Lipinski definition) is 2. The molecule has 0 N–H and O–H groups in total. The molecule has 1 rings (SSSR count). The van der Waals surface area contributed by atoms with E-state index in [2.05, 4.69) is 6.07 Å². The average molecular weight is 165 g/mol. The lowest BCUT2D eigenvalue weighted by Crippen LogP contribution is -2.28. The molecular formula is C10H15NO. The molecule has 12 heavy (non-hydrogen) atoms. The topological polar surface area (TPSA) is 40.9 Å². The van der Waals surface area contributed by atoms with Crippen LogP contribution in [0.4, 0.5) is 0 Å². The highest BCUT2D eigenvalue weighted by Crippen LogP contribution is 2.31. The summed E-state index contributed by atoms with van der Waals surface area (Å²) in [5, 5.41) is 8.49. The van der Waals surface area contributed by atoms with E-state index in [1.54, 1.807) is 0 Å². The lowest BCUT2D eigenvalue weighted by molar-refractivity contribution is -0.129. The Morgan fingerprint density at radius 1 is 1.67 bits per heavy atom. The molecule has 0 aromatic rings. The molecule has 0 saturated heterocycles. The summed E-state index contributed by atoms with van der Waals surface area (Å²) < 4.78 is 0. The highest BCUT2D eigenvalue weighted by molar-refractivity contribution is 5.84. The lowest BCUT2D eigenvalue weighted by Gasteiger charge is -2.26. The zero-order valence-corrected chi connectivity index (χ0v) is 7.55. The third kappa shape index (κ3) is 1.85. The molecular weight excluding hydrogens is 150 g/mol. The van der Waals surface area contributed by atoms with E-state index in [0.717, 1.165) is 19.3 Å². The maximum atomic E-state index is 11.6. The lowest BCUT2D eigenvalue weighted by atomic mass is 9.76. The van der Waals surface area contributed by atoms with Crippen molar-refractivity contribution in [1.82, 2.24) is 0 Å². The van der Waals surface area contributed by atoms with Crippen molar-refractivity contribution in [3.8, 4) is 6.07 Å². The summed E-state index contributed by atoms with van der Waals surface area (Å²) in [5.41, 5.74) is 0. The molecule has 1 fully saturated rings. The summed E-state index contributed by atoms with van der Waals surface area (Å²) in [6, 6.07) is 2.08. The van der Waals surface area contributed by atoms with Crippen molar-refractivity contribution in [2.75, 3.05) is 0 Å². The number of nitriles is 1. The fourth-order valence-corrected chi connectivity index (χ4v) is 1.58. The Morgan fingerprint density at radius 2 is 2.33 bits per heavy atom. The summed E-state index contributed by atoms with van der Waals surface area (Å²) in [6.07, 6.45) is 4.54. The molecule has 66 valence electrons. The molecule has 0 radical (unpaired) electrons. The van der Waals surface area contributed by atoms with Gasteiger partial charge in [0.15, 0.2) is 0 Å². The van der Waals surface area contributed by atoms with Gasteiger partial charge in [0, 0.05) is 18.3 Å². The number of ketones is 1. The Morgan fingerprint density at radius 3 is 2.67 bits per heavy atom. The quantitative estimate of drug-likeness (QED) is 0.641. The Kier molecular flexibility index (Phi) is 3.28. The molecule has 0 spiro atoms. The number of carbonyl (C=O) groups excluding carboxylic acids is 1. The minimum atomic E-state index is 0.0142. The van der Waals surface area contributed by atoms with Crippen molar-refractivity contribution >= 4 is 5.78 Å². The fourth-order valence-electron chi connectivity index (χ4n) is 1.58. The molecule has 1 unspecified atom stereocenters. The monoisotopic (exact) mass is 165 g/mol. The van der Waals surface area contributed by atoms with Crippen LogP contribution < -0.4 is 0 Å². The van der Waals surface area contributed by atoms with Gasteiger partial charge < -0.3 is 0 Å². The first-order chi connectivity index (χ1) is 5.79. The van der Waals surface area contributed by atoms with Crippen molar-refractivity contribution < 1.29 is 4.79 Å². The van der Waals surface area contributed by atoms with E-state index in [0.29, 0.717) is 18.1 Å². The Balaban J connectivity index is 2.42. The van der Waals surface area contributed by atoms with Crippen molar-refractivity contribution in [2.24, 2.45) is 11.8 Å². The molecule has 2 heteroatoms. The van der Waals surface area contributed by atoms with E-state index in [4.69, 9.17) is 5.26 Å². The number of rotatable bonds is 4. The third-order valence-corrected chi connectivity index (χ3v) is 2.74. The van der Waals surface area contributed by atoms with Gasteiger partial charge >= 0.3 is 0 Å². The second-order valence-corrected chi connectivity index (χ2v) is 3.50. The van der Waals surface area contributed by atoms with E-state index < -0.39 is 0 Å². The van der Waals surface area contributed by atoms with E-state index in [-0.39, 0.29) is 5.92 Å². The Labute approximate surface area is 73.6 Å². The minimum Gasteiger partial charge on any atom is -0.299 e. The Bertz CT molecular complexity index is 200. The zero-order chi connectivity index (χ0) is 8.97. The van der Waals surface area contributed by atoms with Gasteiger partial charge in [-0.15, -0.1) is 0 Å². The predicted molar refractivity (Wildman–Crippen MR) is 46.4 cm³/mol. The van der Waals surface area contributed by atoms with Crippen LogP contribution in [-0.4, -0.2) is 5.78 Å². The summed E-state index contributed by atoms with van der Waals surface area (Å²) in [5.74, 6) is 0.647. The first-order valence-electron chi connectivity index (χ1n) is 4.70. The maximum absolute atomic E-state index is 11.6. The van der Waals surface area contributed by atoms with Crippen LogP contribution in [0.15, 0.2) is 0 Å². The largest absolute Gasteiger partial charge is 0.299 e.